The third kappa shape index (κ3) is 2.28. The Labute approximate surface area is 108 Å². The van der Waals surface area contributed by atoms with Gasteiger partial charge in [0.05, 0.1) is 12.8 Å². The molecule has 1 aliphatic rings. The van der Waals surface area contributed by atoms with Gasteiger partial charge in [0.25, 0.3) is 5.60 Å². The van der Waals surface area contributed by atoms with Gasteiger partial charge in [-0.15, -0.1) is 0 Å². The number of halogens is 2. The molecule has 1 unspecified atom stereocenters. The lowest BCUT2D eigenvalue weighted by atomic mass is 9.94. The van der Waals surface area contributed by atoms with Crippen molar-refractivity contribution in [2.24, 2.45) is 10.9 Å². The second kappa shape index (κ2) is 4.93. The Bertz CT molecular complexity index is 548. The van der Waals surface area contributed by atoms with Gasteiger partial charge in [0.2, 0.25) is 0 Å². The van der Waals surface area contributed by atoms with E-state index in [-0.39, 0.29) is 24.2 Å². The van der Waals surface area contributed by atoms with E-state index in [0.29, 0.717) is 0 Å². The summed E-state index contributed by atoms with van der Waals surface area (Å²) in [5, 5.41) is 3.63. The maximum Gasteiger partial charge on any atom is 0.354 e. The van der Waals surface area contributed by atoms with Crippen molar-refractivity contribution in [3.05, 3.63) is 35.4 Å². The van der Waals surface area contributed by atoms with Crippen LogP contribution in [0.1, 0.15) is 12.0 Å². The zero-order chi connectivity index (χ0) is 14.0. The fraction of sp³-hybridized carbons (Fsp3) is 0.333. The number of nitrogens with zero attached hydrogens (tertiary/aromatic N) is 1. The number of nitrogens with two attached hydrogens (primary N) is 1. The maximum atomic E-state index is 13.6. The number of hydrogen-bond acceptors (Lipinski definition) is 5. The van der Waals surface area contributed by atoms with Crippen LogP contribution in [0.25, 0.3) is 0 Å². The molecular weight excluding hydrogens is 258 g/mol. The number of benzene rings is 1. The number of carbonyl (C=O) groups is 1. The van der Waals surface area contributed by atoms with E-state index >= 15 is 0 Å². The lowest BCUT2D eigenvalue weighted by Gasteiger charge is -2.21. The average molecular weight is 270 g/mol. The lowest BCUT2D eigenvalue weighted by Crippen LogP contribution is -2.46. The van der Waals surface area contributed by atoms with Gasteiger partial charge in [-0.05, 0) is 18.2 Å². The molecule has 0 aromatic heterocycles. The summed E-state index contributed by atoms with van der Waals surface area (Å²) in [5.74, 6) is -1.96. The molecule has 0 saturated carbocycles. The summed E-state index contributed by atoms with van der Waals surface area (Å²) in [4.78, 5) is 16.6. The van der Waals surface area contributed by atoms with E-state index in [1.165, 1.54) is 7.11 Å². The summed E-state index contributed by atoms with van der Waals surface area (Å²) in [6.45, 7) is -0.177. The van der Waals surface area contributed by atoms with Gasteiger partial charge in [0, 0.05) is 18.5 Å². The summed E-state index contributed by atoms with van der Waals surface area (Å²) in [6.07, 6.45) is -0.0729. The predicted molar refractivity (Wildman–Crippen MR) is 62.4 cm³/mol. The molecule has 2 N–H and O–H groups in total. The first-order valence-electron chi connectivity index (χ1n) is 5.51. The van der Waals surface area contributed by atoms with E-state index in [1.54, 1.807) is 0 Å². The van der Waals surface area contributed by atoms with Gasteiger partial charge in [-0.1, -0.05) is 5.16 Å². The molecular formula is C12H12F2N2O3. The zero-order valence-electron chi connectivity index (χ0n) is 10.2. The Balaban J connectivity index is 2.30. The predicted octanol–water partition coefficient (Wildman–Crippen LogP) is 0.960. The smallest absolute Gasteiger partial charge is 0.354 e. The summed E-state index contributed by atoms with van der Waals surface area (Å²) in [6, 6.07) is 2.96. The van der Waals surface area contributed by atoms with Crippen molar-refractivity contribution in [2.75, 3.05) is 13.7 Å². The van der Waals surface area contributed by atoms with Crippen LogP contribution < -0.4 is 5.73 Å². The van der Waals surface area contributed by atoms with Crippen LogP contribution in [0.3, 0.4) is 0 Å². The Morgan fingerprint density at radius 3 is 2.95 bits per heavy atom. The van der Waals surface area contributed by atoms with Crippen LogP contribution in [0.2, 0.25) is 0 Å². The van der Waals surface area contributed by atoms with Crippen LogP contribution in [-0.4, -0.2) is 30.9 Å². The summed E-state index contributed by atoms with van der Waals surface area (Å²) >= 11 is 0. The molecule has 0 saturated heterocycles. The molecule has 0 radical (unpaired) electrons. The van der Waals surface area contributed by atoms with E-state index < -0.39 is 23.2 Å². The summed E-state index contributed by atoms with van der Waals surface area (Å²) in [5.41, 5.74) is 4.08. The SMILES string of the molecule is COC(=O)C1(CN)CC(c2cc(F)ccc2F)=NO1. The van der Waals surface area contributed by atoms with Crippen molar-refractivity contribution < 1.29 is 23.1 Å². The van der Waals surface area contributed by atoms with Crippen molar-refractivity contribution in [3.8, 4) is 0 Å². The first-order chi connectivity index (χ1) is 9.02. The molecule has 19 heavy (non-hydrogen) atoms. The Kier molecular flexibility index (Phi) is 3.48. The van der Waals surface area contributed by atoms with Gasteiger partial charge in [0.15, 0.2) is 0 Å². The number of ether oxygens (including phenoxy) is 1. The molecule has 1 aromatic carbocycles. The van der Waals surface area contributed by atoms with Crippen molar-refractivity contribution in [3.63, 3.8) is 0 Å². The highest BCUT2D eigenvalue weighted by atomic mass is 19.1. The van der Waals surface area contributed by atoms with Gasteiger partial charge in [-0.3, -0.25) is 0 Å². The Morgan fingerprint density at radius 1 is 1.58 bits per heavy atom. The first kappa shape index (κ1) is 13.4. The molecule has 0 bridgehead atoms. The topological polar surface area (TPSA) is 73.9 Å². The number of carbonyl (C=O) groups excluding carboxylic acids is 1. The molecule has 1 atom stereocenters. The van der Waals surface area contributed by atoms with Gasteiger partial charge in [0.1, 0.15) is 11.6 Å². The number of rotatable bonds is 3. The first-order valence-corrected chi connectivity index (χ1v) is 5.51. The monoisotopic (exact) mass is 270 g/mol. The normalized spacial score (nSPS) is 21.8. The highest BCUT2D eigenvalue weighted by molar-refractivity contribution is 6.05. The van der Waals surface area contributed by atoms with Gasteiger partial charge in [-0.2, -0.15) is 0 Å². The molecule has 0 aliphatic carbocycles. The fourth-order valence-corrected chi connectivity index (χ4v) is 1.83. The summed E-state index contributed by atoms with van der Waals surface area (Å²) in [7, 11) is 1.18. The maximum absolute atomic E-state index is 13.6. The lowest BCUT2D eigenvalue weighted by molar-refractivity contribution is -0.165. The molecule has 0 amide bonds. The minimum absolute atomic E-state index is 0.0563. The number of methoxy groups -OCH3 is 1. The Morgan fingerprint density at radius 2 is 2.32 bits per heavy atom. The number of hydrogen-bond donors (Lipinski definition) is 1. The third-order valence-electron chi connectivity index (χ3n) is 2.91. The quantitative estimate of drug-likeness (QED) is 0.830. The second-order valence-corrected chi connectivity index (χ2v) is 4.12. The Hall–Kier alpha value is -2.02. The van der Waals surface area contributed by atoms with Crippen LogP contribution in [0.5, 0.6) is 0 Å². The molecule has 2 rings (SSSR count). The van der Waals surface area contributed by atoms with E-state index in [2.05, 4.69) is 9.89 Å². The molecule has 0 spiro atoms. The highest BCUT2D eigenvalue weighted by Crippen LogP contribution is 2.28. The van der Waals surface area contributed by atoms with Crippen molar-refractivity contribution in [1.29, 1.82) is 0 Å². The van der Waals surface area contributed by atoms with Crippen LogP contribution in [0.15, 0.2) is 23.4 Å². The standard InChI is InChI=1S/C12H12F2N2O3/c1-18-11(17)12(6-15)5-10(16-19-12)8-4-7(13)2-3-9(8)14/h2-4H,5-6,15H2,1H3. The number of oxime groups is 1. The van der Waals surface area contributed by atoms with Crippen molar-refractivity contribution >= 4 is 11.7 Å². The van der Waals surface area contributed by atoms with Crippen molar-refractivity contribution in [2.45, 2.75) is 12.0 Å². The fourth-order valence-electron chi connectivity index (χ4n) is 1.83. The molecule has 5 nitrogen and oxygen atoms in total. The minimum Gasteiger partial charge on any atom is -0.466 e. The van der Waals surface area contributed by atoms with Gasteiger partial charge >= 0.3 is 5.97 Å². The van der Waals surface area contributed by atoms with Crippen LogP contribution in [0, 0.1) is 11.6 Å². The highest BCUT2D eigenvalue weighted by Gasteiger charge is 2.47. The molecule has 7 heteroatoms. The largest absolute Gasteiger partial charge is 0.466 e. The van der Waals surface area contributed by atoms with E-state index in [0.717, 1.165) is 18.2 Å². The third-order valence-corrected chi connectivity index (χ3v) is 2.91. The van der Waals surface area contributed by atoms with Gasteiger partial charge < -0.3 is 15.3 Å². The zero-order valence-corrected chi connectivity index (χ0v) is 10.2. The molecule has 0 fully saturated rings. The van der Waals surface area contributed by atoms with Crippen LogP contribution >= 0.6 is 0 Å². The van der Waals surface area contributed by atoms with Crippen molar-refractivity contribution in [1.82, 2.24) is 0 Å². The van der Waals surface area contributed by atoms with Crippen LogP contribution in [0.4, 0.5) is 8.78 Å². The van der Waals surface area contributed by atoms with Crippen LogP contribution in [-0.2, 0) is 14.4 Å². The average Bonchev–Trinajstić information content (AvgIpc) is 2.86. The molecule has 1 aliphatic heterocycles. The van der Waals surface area contributed by atoms with E-state index in [4.69, 9.17) is 10.6 Å². The minimum atomic E-state index is -1.47. The van der Waals surface area contributed by atoms with E-state index in [1.807, 2.05) is 0 Å². The molecule has 102 valence electrons. The summed E-state index contributed by atoms with van der Waals surface area (Å²) < 4.78 is 31.3. The molecule has 1 aromatic rings. The van der Waals surface area contributed by atoms with Gasteiger partial charge in [-0.25, -0.2) is 13.6 Å². The molecule has 1 heterocycles. The van der Waals surface area contributed by atoms with E-state index in [9.17, 15) is 13.6 Å². The second-order valence-electron chi connectivity index (χ2n) is 4.12. The number of esters is 1.